The maximum absolute atomic E-state index is 13.8. The smallest absolute Gasteiger partial charge is 0.248 e. The van der Waals surface area contributed by atoms with Crippen molar-refractivity contribution >= 4 is 5.91 Å². The molecule has 0 aromatic heterocycles. The lowest BCUT2D eigenvalue weighted by Crippen LogP contribution is -2.27. The molecule has 3 nitrogen and oxygen atoms in total. The summed E-state index contributed by atoms with van der Waals surface area (Å²) >= 11 is 0. The molecule has 0 heterocycles. The number of nitrogens with one attached hydrogen (secondary N) is 1. The molecule has 1 aromatic rings. The van der Waals surface area contributed by atoms with E-state index < -0.39 is 5.91 Å². The highest BCUT2D eigenvalue weighted by Crippen LogP contribution is 2.51. The molecule has 0 unspecified atom stereocenters. The standard InChI is InChI=1S/C15H21FN2O/c1-10(2)15(5-6-15)9-18-8-12-4-3-11(14(17)19)7-13(12)16/h3-4,7,10,18H,5-6,8-9H2,1-2H3,(H2,17,19). The fourth-order valence-electron chi connectivity index (χ4n) is 2.41. The number of carbonyl (C=O) groups excluding carboxylic acids is 1. The molecule has 0 aliphatic heterocycles. The number of halogens is 1. The Hall–Kier alpha value is -1.42. The Morgan fingerprint density at radius 3 is 2.63 bits per heavy atom. The van der Waals surface area contributed by atoms with Crippen molar-refractivity contribution in [3.05, 3.63) is 35.1 Å². The van der Waals surface area contributed by atoms with Crippen molar-refractivity contribution in [3.8, 4) is 0 Å². The summed E-state index contributed by atoms with van der Waals surface area (Å²) in [7, 11) is 0. The third kappa shape index (κ3) is 3.13. The molecule has 1 aliphatic rings. The van der Waals surface area contributed by atoms with Gasteiger partial charge in [0, 0.05) is 24.2 Å². The highest BCUT2D eigenvalue weighted by molar-refractivity contribution is 5.92. The second-order valence-corrected chi connectivity index (χ2v) is 5.79. The molecule has 0 radical (unpaired) electrons. The Labute approximate surface area is 113 Å². The number of nitrogens with two attached hydrogens (primary N) is 1. The van der Waals surface area contributed by atoms with Crippen LogP contribution in [0, 0.1) is 17.2 Å². The topological polar surface area (TPSA) is 55.1 Å². The zero-order valence-electron chi connectivity index (χ0n) is 11.5. The number of hydrogen-bond acceptors (Lipinski definition) is 2. The van der Waals surface area contributed by atoms with E-state index in [1.54, 1.807) is 12.1 Å². The van der Waals surface area contributed by atoms with Gasteiger partial charge in [-0.3, -0.25) is 4.79 Å². The summed E-state index contributed by atoms with van der Waals surface area (Å²) in [5.74, 6) is -0.324. The van der Waals surface area contributed by atoms with E-state index in [9.17, 15) is 9.18 Å². The summed E-state index contributed by atoms with van der Waals surface area (Å²) < 4.78 is 13.8. The van der Waals surface area contributed by atoms with E-state index in [4.69, 9.17) is 5.73 Å². The Bertz CT molecular complexity index is 481. The van der Waals surface area contributed by atoms with E-state index >= 15 is 0 Å². The number of amides is 1. The van der Waals surface area contributed by atoms with Gasteiger partial charge in [0.25, 0.3) is 0 Å². The molecule has 1 amide bonds. The summed E-state index contributed by atoms with van der Waals surface area (Å²) in [4.78, 5) is 10.9. The van der Waals surface area contributed by atoms with Crippen molar-refractivity contribution in [2.75, 3.05) is 6.54 Å². The first-order chi connectivity index (χ1) is 8.94. The third-order valence-electron chi connectivity index (χ3n) is 4.25. The van der Waals surface area contributed by atoms with Gasteiger partial charge in [0.05, 0.1) is 0 Å². The molecule has 0 saturated heterocycles. The maximum atomic E-state index is 13.8. The zero-order valence-corrected chi connectivity index (χ0v) is 11.5. The lowest BCUT2D eigenvalue weighted by molar-refractivity contribution is 0.1000. The van der Waals surface area contributed by atoms with Crippen molar-refractivity contribution < 1.29 is 9.18 Å². The van der Waals surface area contributed by atoms with Crippen molar-refractivity contribution in [3.63, 3.8) is 0 Å². The van der Waals surface area contributed by atoms with Gasteiger partial charge >= 0.3 is 0 Å². The van der Waals surface area contributed by atoms with Crippen molar-refractivity contribution in [2.24, 2.45) is 17.1 Å². The van der Waals surface area contributed by atoms with Crippen LogP contribution in [0.1, 0.15) is 42.6 Å². The predicted molar refractivity (Wildman–Crippen MR) is 73.1 cm³/mol. The Balaban J connectivity index is 1.92. The molecule has 19 heavy (non-hydrogen) atoms. The number of primary amides is 1. The van der Waals surface area contributed by atoms with Crippen LogP contribution in [0.4, 0.5) is 4.39 Å². The fourth-order valence-corrected chi connectivity index (χ4v) is 2.41. The van der Waals surface area contributed by atoms with Gasteiger partial charge in [-0.1, -0.05) is 19.9 Å². The summed E-state index contributed by atoms with van der Waals surface area (Å²) in [6, 6.07) is 4.39. The van der Waals surface area contributed by atoms with E-state index in [-0.39, 0.29) is 11.4 Å². The van der Waals surface area contributed by atoms with Gasteiger partial charge in [-0.15, -0.1) is 0 Å². The average Bonchev–Trinajstić information content (AvgIpc) is 3.12. The van der Waals surface area contributed by atoms with Gasteiger partial charge in [-0.2, -0.15) is 0 Å². The van der Waals surface area contributed by atoms with Crippen LogP contribution < -0.4 is 11.1 Å². The first-order valence-corrected chi connectivity index (χ1v) is 6.73. The minimum atomic E-state index is -0.602. The van der Waals surface area contributed by atoms with Crippen LogP contribution in [0.5, 0.6) is 0 Å². The van der Waals surface area contributed by atoms with E-state index in [1.165, 1.54) is 18.9 Å². The molecule has 104 valence electrons. The van der Waals surface area contributed by atoms with E-state index in [0.717, 1.165) is 6.54 Å². The van der Waals surface area contributed by atoms with Crippen molar-refractivity contribution in [2.45, 2.75) is 33.2 Å². The fraction of sp³-hybridized carbons (Fsp3) is 0.533. The van der Waals surface area contributed by atoms with Crippen LogP contribution in [0.25, 0.3) is 0 Å². The number of benzene rings is 1. The minimum Gasteiger partial charge on any atom is -0.366 e. The second kappa shape index (κ2) is 5.29. The normalized spacial score (nSPS) is 16.6. The first-order valence-electron chi connectivity index (χ1n) is 6.73. The van der Waals surface area contributed by atoms with Gasteiger partial charge in [0.2, 0.25) is 5.91 Å². The quantitative estimate of drug-likeness (QED) is 0.829. The van der Waals surface area contributed by atoms with Gasteiger partial charge in [-0.05, 0) is 36.3 Å². The van der Waals surface area contributed by atoms with Gasteiger partial charge in [-0.25, -0.2) is 4.39 Å². The van der Waals surface area contributed by atoms with Crippen molar-refractivity contribution in [1.82, 2.24) is 5.32 Å². The summed E-state index contributed by atoms with van der Waals surface area (Å²) in [5, 5.41) is 3.32. The van der Waals surface area contributed by atoms with E-state index in [0.29, 0.717) is 23.4 Å². The van der Waals surface area contributed by atoms with Crippen LogP contribution in [0.3, 0.4) is 0 Å². The molecule has 1 saturated carbocycles. The summed E-state index contributed by atoms with van der Waals surface area (Å²) in [6.07, 6.45) is 2.50. The lowest BCUT2D eigenvalue weighted by Gasteiger charge is -2.20. The second-order valence-electron chi connectivity index (χ2n) is 5.79. The first kappa shape index (κ1) is 14.0. The maximum Gasteiger partial charge on any atom is 0.248 e. The Morgan fingerprint density at radius 1 is 1.47 bits per heavy atom. The molecule has 4 heteroatoms. The lowest BCUT2D eigenvalue weighted by atomic mass is 9.92. The van der Waals surface area contributed by atoms with Crippen molar-refractivity contribution in [1.29, 1.82) is 0 Å². The van der Waals surface area contributed by atoms with Crippen LogP contribution in [0.15, 0.2) is 18.2 Å². The van der Waals surface area contributed by atoms with Gasteiger partial charge in [0.15, 0.2) is 0 Å². The summed E-state index contributed by atoms with van der Waals surface area (Å²) in [5.41, 5.74) is 6.30. The van der Waals surface area contributed by atoms with E-state index in [1.807, 2.05) is 0 Å². The Kier molecular flexibility index (Phi) is 3.90. The molecule has 0 atom stereocenters. The molecule has 1 fully saturated rings. The predicted octanol–water partition coefficient (Wildman–Crippen LogP) is 2.45. The highest BCUT2D eigenvalue weighted by Gasteiger charge is 2.44. The molecule has 3 N–H and O–H groups in total. The third-order valence-corrected chi connectivity index (χ3v) is 4.25. The largest absolute Gasteiger partial charge is 0.366 e. The molecule has 0 bridgehead atoms. The van der Waals surface area contributed by atoms with E-state index in [2.05, 4.69) is 19.2 Å². The zero-order chi connectivity index (χ0) is 14.0. The molecule has 1 aromatic carbocycles. The van der Waals surface area contributed by atoms with Crippen LogP contribution >= 0.6 is 0 Å². The van der Waals surface area contributed by atoms with Crippen LogP contribution in [-0.4, -0.2) is 12.5 Å². The Morgan fingerprint density at radius 2 is 2.16 bits per heavy atom. The molecule has 1 aliphatic carbocycles. The monoisotopic (exact) mass is 264 g/mol. The molecule has 2 rings (SSSR count). The molecule has 0 spiro atoms. The van der Waals surface area contributed by atoms with Crippen LogP contribution in [-0.2, 0) is 6.54 Å². The van der Waals surface area contributed by atoms with Crippen LogP contribution in [0.2, 0.25) is 0 Å². The van der Waals surface area contributed by atoms with Gasteiger partial charge in [0.1, 0.15) is 5.82 Å². The number of rotatable bonds is 6. The van der Waals surface area contributed by atoms with Gasteiger partial charge < -0.3 is 11.1 Å². The molecular weight excluding hydrogens is 243 g/mol. The minimum absolute atomic E-state index is 0.210. The number of carbonyl (C=O) groups is 1. The molecular formula is C15H21FN2O. The SMILES string of the molecule is CC(C)C1(CNCc2ccc(C(N)=O)cc2F)CC1. The highest BCUT2D eigenvalue weighted by atomic mass is 19.1. The number of hydrogen-bond donors (Lipinski definition) is 2. The summed E-state index contributed by atoms with van der Waals surface area (Å²) in [6.45, 7) is 5.87. The average molecular weight is 264 g/mol.